The maximum atomic E-state index is 13.8. The predicted octanol–water partition coefficient (Wildman–Crippen LogP) is 2.56. The first kappa shape index (κ1) is 15.8. The SMILES string of the molecule is CCn1nc(C)c(Cl)c1CS(=O)(=O)c1ccc(N)cc1F. The van der Waals surface area contributed by atoms with Crippen molar-refractivity contribution < 1.29 is 12.8 Å². The van der Waals surface area contributed by atoms with Crippen molar-refractivity contribution in [3.05, 3.63) is 40.4 Å². The van der Waals surface area contributed by atoms with Crippen molar-refractivity contribution in [3.63, 3.8) is 0 Å². The molecule has 0 saturated heterocycles. The van der Waals surface area contributed by atoms with Crippen LogP contribution in [0.3, 0.4) is 0 Å². The lowest BCUT2D eigenvalue weighted by Crippen LogP contribution is -2.12. The largest absolute Gasteiger partial charge is 0.399 e. The van der Waals surface area contributed by atoms with Crippen molar-refractivity contribution in [3.8, 4) is 0 Å². The highest BCUT2D eigenvalue weighted by Crippen LogP contribution is 2.26. The van der Waals surface area contributed by atoms with Crippen molar-refractivity contribution in [2.24, 2.45) is 0 Å². The van der Waals surface area contributed by atoms with Crippen molar-refractivity contribution in [2.75, 3.05) is 5.73 Å². The second-order valence-electron chi connectivity index (χ2n) is 4.61. The van der Waals surface area contributed by atoms with Crippen LogP contribution < -0.4 is 5.73 Å². The lowest BCUT2D eigenvalue weighted by molar-refractivity contribution is 0.562. The topological polar surface area (TPSA) is 78.0 Å². The van der Waals surface area contributed by atoms with Gasteiger partial charge in [0.1, 0.15) is 10.7 Å². The van der Waals surface area contributed by atoms with Gasteiger partial charge in [0, 0.05) is 12.2 Å². The molecule has 0 saturated carbocycles. The van der Waals surface area contributed by atoms with E-state index >= 15 is 0 Å². The number of hydrogen-bond donors (Lipinski definition) is 1. The summed E-state index contributed by atoms with van der Waals surface area (Å²) < 4.78 is 40.1. The number of nitrogens with zero attached hydrogens (tertiary/aromatic N) is 2. The van der Waals surface area contributed by atoms with E-state index in [-0.39, 0.29) is 10.7 Å². The van der Waals surface area contributed by atoms with Crippen molar-refractivity contribution >= 4 is 27.1 Å². The molecule has 8 heteroatoms. The van der Waals surface area contributed by atoms with E-state index in [0.29, 0.717) is 17.9 Å². The fourth-order valence-corrected chi connectivity index (χ4v) is 3.76. The third-order valence-electron chi connectivity index (χ3n) is 3.07. The fraction of sp³-hybridized carbons (Fsp3) is 0.308. The molecule has 1 aromatic heterocycles. The van der Waals surface area contributed by atoms with Gasteiger partial charge in [-0.15, -0.1) is 0 Å². The number of aromatic nitrogens is 2. The molecule has 1 aromatic carbocycles. The Morgan fingerprint density at radius 3 is 2.67 bits per heavy atom. The van der Waals surface area contributed by atoms with E-state index in [0.717, 1.165) is 12.1 Å². The molecule has 2 rings (SSSR count). The van der Waals surface area contributed by atoms with E-state index in [1.165, 1.54) is 10.7 Å². The van der Waals surface area contributed by atoms with Crippen molar-refractivity contribution in [1.82, 2.24) is 9.78 Å². The minimum Gasteiger partial charge on any atom is -0.399 e. The van der Waals surface area contributed by atoms with E-state index in [9.17, 15) is 12.8 Å². The molecule has 0 spiro atoms. The molecule has 0 aliphatic carbocycles. The molecule has 114 valence electrons. The summed E-state index contributed by atoms with van der Waals surface area (Å²) in [4.78, 5) is -0.394. The van der Waals surface area contributed by atoms with Gasteiger partial charge in [-0.2, -0.15) is 5.10 Å². The molecule has 0 atom stereocenters. The van der Waals surface area contributed by atoms with Gasteiger partial charge in [0.25, 0.3) is 0 Å². The van der Waals surface area contributed by atoms with Crippen LogP contribution in [0, 0.1) is 12.7 Å². The molecule has 0 aliphatic heterocycles. The maximum absolute atomic E-state index is 13.8. The van der Waals surface area contributed by atoms with Gasteiger partial charge >= 0.3 is 0 Å². The number of sulfone groups is 1. The summed E-state index contributed by atoms with van der Waals surface area (Å²) in [5.41, 5.74) is 6.49. The average Bonchev–Trinajstić information content (AvgIpc) is 2.65. The van der Waals surface area contributed by atoms with Gasteiger partial charge < -0.3 is 5.73 Å². The highest BCUT2D eigenvalue weighted by atomic mass is 35.5. The number of anilines is 1. The number of nitrogen functional groups attached to an aromatic ring is 1. The number of halogens is 2. The standard InChI is InChI=1S/C13H15ClFN3O2S/c1-3-18-11(13(14)8(2)17-18)7-21(19,20)12-5-4-9(16)6-10(12)15/h4-6H,3,7,16H2,1-2H3. The van der Waals surface area contributed by atoms with Gasteiger partial charge in [0.2, 0.25) is 0 Å². The van der Waals surface area contributed by atoms with Crippen LogP contribution in [0.25, 0.3) is 0 Å². The van der Waals surface area contributed by atoms with E-state index < -0.39 is 26.3 Å². The molecule has 5 nitrogen and oxygen atoms in total. The lowest BCUT2D eigenvalue weighted by atomic mass is 10.3. The Labute approximate surface area is 127 Å². The average molecular weight is 332 g/mol. The second kappa shape index (κ2) is 5.65. The summed E-state index contributed by atoms with van der Waals surface area (Å²) in [5, 5.41) is 4.44. The summed E-state index contributed by atoms with van der Waals surface area (Å²) in [6.07, 6.45) is 0. The van der Waals surface area contributed by atoms with Gasteiger partial charge in [0.15, 0.2) is 9.84 Å². The molecular formula is C13H15ClFN3O2S. The highest BCUT2D eigenvalue weighted by Gasteiger charge is 2.24. The summed E-state index contributed by atoms with van der Waals surface area (Å²) in [6, 6.07) is 3.49. The third-order valence-corrected chi connectivity index (χ3v) is 5.22. The predicted molar refractivity (Wildman–Crippen MR) is 79.4 cm³/mol. The molecule has 0 unspecified atom stereocenters. The van der Waals surface area contributed by atoms with E-state index in [1.807, 2.05) is 6.92 Å². The maximum Gasteiger partial charge on any atom is 0.187 e. The first-order valence-electron chi connectivity index (χ1n) is 6.25. The van der Waals surface area contributed by atoms with Gasteiger partial charge in [-0.3, -0.25) is 4.68 Å². The number of rotatable bonds is 4. The Bertz CT molecular complexity index is 787. The normalized spacial score (nSPS) is 11.8. The minimum atomic E-state index is -3.88. The first-order valence-corrected chi connectivity index (χ1v) is 8.29. The highest BCUT2D eigenvalue weighted by molar-refractivity contribution is 7.90. The van der Waals surface area contributed by atoms with Gasteiger partial charge in [-0.25, -0.2) is 12.8 Å². The van der Waals surface area contributed by atoms with Crippen LogP contribution in [-0.4, -0.2) is 18.2 Å². The Balaban J connectivity index is 2.47. The molecule has 2 N–H and O–H groups in total. The Hall–Kier alpha value is -1.60. The van der Waals surface area contributed by atoms with Crippen LogP contribution in [0.5, 0.6) is 0 Å². The molecule has 0 radical (unpaired) electrons. The molecule has 0 bridgehead atoms. The van der Waals surface area contributed by atoms with Crippen LogP contribution in [0.4, 0.5) is 10.1 Å². The first-order chi connectivity index (χ1) is 9.76. The molecular weight excluding hydrogens is 317 g/mol. The molecule has 21 heavy (non-hydrogen) atoms. The lowest BCUT2D eigenvalue weighted by Gasteiger charge is -2.08. The fourth-order valence-electron chi connectivity index (χ4n) is 2.03. The van der Waals surface area contributed by atoms with E-state index in [2.05, 4.69) is 5.10 Å². The zero-order valence-electron chi connectivity index (χ0n) is 11.6. The van der Waals surface area contributed by atoms with Crippen LogP contribution in [0.15, 0.2) is 23.1 Å². The number of aryl methyl sites for hydroxylation is 2. The Kier molecular flexibility index (Phi) is 4.25. The third kappa shape index (κ3) is 3.03. The molecule has 0 amide bonds. The van der Waals surface area contributed by atoms with Gasteiger partial charge in [0.05, 0.1) is 22.2 Å². The zero-order valence-corrected chi connectivity index (χ0v) is 13.2. The number of benzene rings is 1. The van der Waals surface area contributed by atoms with Gasteiger partial charge in [-0.1, -0.05) is 11.6 Å². The number of nitrogens with two attached hydrogens (primary N) is 1. The molecule has 0 fully saturated rings. The van der Waals surface area contributed by atoms with Crippen molar-refractivity contribution in [2.45, 2.75) is 31.0 Å². The molecule has 0 aliphatic rings. The zero-order chi connectivity index (χ0) is 15.8. The van der Waals surface area contributed by atoms with E-state index in [4.69, 9.17) is 17.3 Å². The molecule has 1 heterocycles. The second-order valence-corrected chi connectivity index (χ2v) is 6.95. The van der Waals surface area contributed by atoms with E-state index in [1.54, 1.807) is 6.92 Å². The summed E-state index contributed by atoms with van der Waals surface area (Å²) in [7, 11) is -3.88. The van der Waals surface area contributed by atoms with Gasteiger partial charge in [-0.05, 0) is 32.0 Å². The Morgan fingerprint density at radius 2 is 2.10 bits per heavy atom. The van der Waals surface area contributed by atoms with Crippen LogP contribution >= 0.6 is 11.6 Å². The monoisotopic (exact) mass is 331 g/mol. The molecule has 2 aromatic rings. The summed E-state index contributed by atoms with van der Waals surface area (Å²) in [5.74, 6) is -1.29. The van der Waals surface area contributed by atoms with Crippen molar-refractivity contribution in [1.29, 1.82) is 0 Å². The van der Waals surface area contributed by atoms with Crippen LogP contribution in [-0.2, 0) is 22.1 Å². The summed E-state index contributed by atoms with van der Waals surface area (Å²) in [6.45, 7) is 3.99. The number of hydrogen-bond acceptors (Lipinski definition) is 4. The van der Waals surface area contributed by atoms with Crippen LogP contribution in [0.2, 0.25) is 5.02 Å². The minimum absolute atomic E-state index is 0.166. The Morgan fingerprint density at radius 1 is 1.43 bits per heavy atom. The smallest absolute Gasteiger partial charge is 0.187 e. The quantitative estimate of drug-likeness (QED) is 0.873. The van der Waals surface area contributed by atoms with Crippen LogP contribution in [0.1, 0.15) is 18.3 Å². The summed E-state index contributed by atoms with van der Waals surface area (Å²) >= 11 is 6.09.